The van der Waals surface area contributed by atoms with E-state index in [9.17, 15) is 0 Å². The normalized spacial score (nSPS) is 10.7. The molecule has 0 amide bonds. The largest absolute Gasteiger partial charge is 0.384 e. The molecule has 1 rings (SSSR count). The highest BCUT2D eigenvalue weighted by atomic mass is 127. The lowest BCUT2D eigenvalue weighted by Gasteiger charge is -2.10. The Morgan fingerprint density at radius 1 is 0.944 bits per heavy atom. The fourth-order valence-corrected chi connectivity index (χ4v) is 3.64. The Bertz CT molecular complexity index is 364. The molecule has 1 nitrogen and oxygen atoms in total. The van der Waals surface area contributed by atoms with Gasteiger partial charge in [0.2, 0.25) is 0 Å². The first-order chi connectivity index (χ1) is 8.65. The molecule has 0 radical (unpaired) electrons. The molecule has 0 heterocycles. The first kappa shape index (κ1) is 16.5. The summed E-state index contributed by atoms with van der Waals surface area (Å²) in [7, 11) is 0. The summed E-state index contributed by atoms with van der Waals surface area (Å²) in [5, 5.41) is 3.56. The second-order valence-electron chi connectivity index (χ2n) is 4.78. The van der Waals surface area contributed by atoms with Crippen LogP contribution in [0.15, 0.2) is 12.1 Å². The molecule has 1 aromatic carbocycles. The summed E-state index contributed by atoms with van der Waals surface area (Å²) >= 11 is 4.81. The molecule has 102 valence electrons. The summed E-state index contributed by atoms with van der Waals surface area (Å²) in [6, 6.07) is 4.51. The van der Waals surface area contributed by atoms with Gasteiger partial charge in [-0.25, -0.2) is 0 Å². The SMILES string of the molecule is CCCCCCCCNc1cc(C)c(I)cc1I. The number of unbranched alkanes of at least 4 members (excludes halogenated alkanes) is 5. The quantitative estimate of drug-likeness (QED) is 0.364. The van der Waals surface area contributed by atoms with Crippen LogP contribution in [0.4, 0.5) is 5.69 Å². The highest BCUT2D eigenvalue weighted by molar-refractivity contribution is 14.1. The molecule has 1 aromatic rings. The van der Waals surface area contributed by atoms with E-state index >= 15 is 0 Å². The van der Waals surface area contributed by atoms with Crippen LogP contribution in [0.2, 0.25) is 0 Å². The molecule has 0 fully saturated rings. The Morgan fingerprint density at radius 2 is 1.61 bits per heavy atom. The van der Waals surface area contributed by atoms with Crippen LogP contribution < -0.4 is 5.32 Å². The summed E-state index contributed by atoms with van der Waals surface area (Å²) in [4.78, 5) is 0. The van der Waals surface area contributed by atoms with Crippen LogP contribution in [0, 0.1) is 14.1 Å². The Kier molecular flexibility index (Phi) is 8.63. The van der Waals surface area contributed by atoms with E-state index in [1.165, 1.54) is 56.9 Å². The predicted molar refractivity (Wildman–Crippen MR) is 98.5 cm³/mol. The topological polar surface area (TPSA) is 12.0 Å². The van der Waals surface area contributed by atoms with Crippen molar-refractivity contribution in [2.45, 2.75) is 52.4 Å². The van der Waals surface area contributed by atoms with Crippen molar-refractivity contribution in [1.82, 2.24) is 0 Å². The van der Waals surface area contributed by atoms with Crippen molar-refractivity contribution < 1.29 is 0 Å². The molecule has 0 spiro atoms. The number of aryl methyl sites for hydroxylation is 1. The Hall–Kier alpha value is 0.480. The molecular formula is C15H23I2N. The van der Waals surface area contributed by atoms with Crippen LogP contribution in [-0.2, 0) is 0 Å². The maximum atomic E-state index is 3.56. The fourth-order valence-electron chi connectivity index (χ4n) is 1.92. The van der Waals surface area contributed by atoms with E-state index in [-0.39, 0.29) is 0 Å². The van der Waals surface area contributed by atoms with Gasteiger partial charge in [0, 0.05) is 19.4 Å². The minimum atomic E-state index is 1.10. The molecule has 0 atom stereocenters. The van der Waals surface area contributed by atoms with E-state index in [1.807, 2.05) is 0 Å². The van der Waals surface area contributed by atoms with Crippen molar-refractivity contribution in [2.24, 2.45) is 0 Å². The fraction of sp³-hybridized carbons (Fsp3) is 0.600. The summed E-state index contributed by atoms with van der Waals surface area (Å²) in [6.07, 6.45) is 8.15. The first-order valence-electron chi connectivity index (χ1n) is 6.84. The first-order valence-corrected chi connectivity index (χ1v) is 9.00. The second-order valence-corrected chi connectivity index (χ2v) is 7.10. The van der Waals surface area contributed by atoms with Gasteiger partial charge in [0.1, 0.15) is 0 Å². The molecule has 0 aliphatic carbocycles. The minimum absolute atomic E-state index is 1.10. The van der Waals surface area contributed by atoms with Crippen LogP contribution in [0.3, 0.4) is 0 Å². The number of anilines is 1. The van der Waals surface area contributed by atoms with Crippen molar-refractivity contribution in [1.29, 1.82) is 0 Å². The third kappa shape index (κ3) is 6.08. The maximum Gasteiger partial charge on any atom is 0.0479 e. The van der Waals surface area contributed by atoms with Gasteiger partial charge >= 0.3 is 0 Å². The zero-order chi connectivity index (χ0) is 13.4. The minimum Gasteiger partial charge on any atom is -0.384 e. The highest BCUT2D eigenvalue weighted by Gasteiger charge is 2.02. The van der Waals surface area contributed by atoms with Gasteiger partial charge in [-0.2, -0.15) is 0 Å². The van der Waals surface area contributed by atoms with E-state index in [0.29, 0.717) is 0 Å². The van der Waals surface area contributed by atoms with E-state index in [2.05, 4.69) is 76.5 Å². The van der Waals surface area contributed by atoms with Gasteiger partial charge in [0.05, 0.1) is 0 Å². The highest BCUT2D eigenvalue weighted by Crippen LogP contribution is 2.24. The lowest BCUT2D eigenvalue weighted by atomic mass is 10.1. The van der Waals surface area contributed by atoms with Crippen molar-refractivity contribution in [2.75, 3.05) is 11.9 Å². The van der Waals surface area contributed by atoms with Crippen molar-refractivity contribution in [3.8, 4) is 0 Å². The van der Waals surface area contributed by atoms with E-state index < -0.39 is 0 Å². The number of hydrogen-bond donors (Lipinski definition) is 1. The van der Waals surface area contributed by atoms with Crippen LogP contribution in [0.1, 0.15) is 51.0 Å². The van der Waals surface area contributed by atoms with Gasteiger partial charge in [0.25, 0.3) is 0 Å². The van der Waals surface area contributed by atoms with Gasteiger partial charge in [-0.05, 0) is 76.2 Å². The smallest absolute Gasteiger partial charge is 0.0479 e. The van der Waals surface area contributed by atoms with Crippen LogP contribution in [0.25, 0.3) is 0 Å². The van der Waals surface area contributed by atoms with Gasteiger partial charge in [-0.15, -0.1) is 0 Å². The van der Waals surface area contributed by atoms with Crippen LogP contribution in [-0.4, -0.2) is 6.54 Å². The summed E-state index contributed by atoms with van der Waals surface area (Å²) in [5.74, 6) is 0. The molecule has 1 N–H and O–H groups in total. The molecule has 0 aliphatic heterocycles. The molecular weight excluding hydrogens is 448 g/mol. The second kappa shape index (κ2) is 9.39. The maximum absolute atomic E-state index is 3.56. The zero-order valence-corrected chi connectivity index (χ0v) is 15.7. The molecule has 0 aromatic heterocycles. The Labute approximate surface area is 139 Å². The lowest BCUT2D eigenvalue weighted by Crippen LogP contribution is -2.03. The number of benzene rings is 1. The van der Waals surface area contributed by atoms with E-state index in [1.54, 1.807) is 0 Å². The molecule has 0 aliphatic rings. The standard InChI is InChI=1S/C15H23I2N/c1-3-4-5-6-7-8-9-18-15-10-12(2)13(16)11-14(15)17/h10-11,18H,3-9H2,1-2H3. The average molecular weight is 471 g/mol. The van der Waals surface area contributed by atoms with Gasteiger partial charge < -0.3 is 5.32 Å². The molecule has 0 unspecified atom stereocenters. The van der Waals surface area contributed by atoms with Gasteiger partial charge in [-0.3, -0.25) is 0 Å². The molecule has 0 saturated carbocycles. The van der Waals surface area contributed by atoms with Crippen LogP contribution in [0.5, 0.6) is 0 Å². The zero-order valence-electron chi connectivity index (χ0n) is 11.4. The van der Waals surface area contributed by atoms with Gasteiger partial charge in [-0.1, -0.05) is 39.0 Å². The molecule has 0 saturated heterocycles. The Morgan fingerprint density at radius 3 is 2.33 bits per heavy atom. The van der Waals surface area contributed by atoms with Crippen molar-refractivity contribution >= 4 is 50.9 Å². The van der Waals surface area contributed by atoms with Crippen LogP contribution >= 0.6 is 45.2 Å². The summed E-state index contributed by atoms with van der Waals surface area (Å²) < 4.78 is 2.68. The van der Waals surface area contributed by atoms with Gasteiger partial charge in [0.15, 0.2) is 0 Å². The molecule has 0 bridgehead atoms. The summed E-state index contributed by atoms with van der Waals surface area (Å²) in [6.45, 7) is 5.54. The monoisotopic (exact) mass is 471 g/mol. The number of hydrogen-bond acceptors (Lipinski definition) is 1. The summed E-state index contributed by atoms with van der Waals surface area (Å²) in [5.41, 5.74) is 2.66. The lowest BCUT2D eigenvalue weighted by molar-refractivity contribution is 0.617. The van der Waals surface area contributed by atoms with Crippen molar-refractivity contribution in [3.05, 3.63) is 24.8 Å². The molecule has 18 heavy (non-hydrogen) atoms. The third-order valence-corrected chi connectivity index (χ3v) is 5.15. The van der Waals surface area contributed by atoms with Crippen molar-refractivity contribution in [3.63, 3.8) is 0 Å². The number of rotatable bonds is 8. The predicted octanol–water partition coefficient (Wildman–Crippen LogP) is 5.98. The average Bonchev–Trinajstić information content (AvgIpc) is 2.34. The third-order valence-electron chi connectivity index (χ3n) is 3.09. The van der Waals surface area contributed by atoms with E-state index in [4.69, 9.17) is 0 Å². The molecule has 3 heteroatoms. The van der Waals surface area contributed by atoms with E-state index in [0.717, 1.165) is 6.54 Å². The number of halogens is 2. The Balaban J connectivity index is 2.25. The number of nitrogens with one attached hydrogen (secondary N) is 1.